The molecule has 2 rings (SSSR count). The summed E-state index contributed by atoms with van der Waals surface area (Å²) >= 11 is 0. The molecule has 0 spiro atoms. The number of nitrogens with zero attached hydrogens (tertiary/aromatic N) is 1. The zero-order chi connectivity index (χ0) is 13.8. The van der Waals surface area contributed by atoms with Crippen LogP contribution in [0.25, 0.3) is 10.9 Å². The minimum Gasteiger partial charge on any atom is -0.506 e. The van der Waals surface area contributed by atoms with Crippen LogP contribution >= 0.6 is 0 Å². The number of nitrogens with one attached hydrogen (secondary N) is 1. The molecule has 0 radical (unpaired) electrons. The molecule has 0 bridgehead atoms. The molecule has 0 saturated carbocycles. The molecule has 1 aromatic heterocycles. The molecule has 0 atom stereocenters. The normalized spacial score (nSPS) is 10.7. The van der Waals surface area contributed by atoms with Gasteiger partial charge in [0, 0.05) is 11.4 Å². The number of rotatable bonds is 3. The lowest BCUT2D eigenvalue weighted by atomic mass is 10.2. The summed E-state index contributed by atoms with van der Waals surface area (Å²) in [5.74, 6) is 0.117. The topological polar surface area (TPSA) is 71.5 Å². The van der Waals surface area contributed by atoms with Crippen LogP contribution in [0.4, 0.5) is 4.79 Å². The van der Waals surface area contributed by atoms with Crippen LogP contribution < -0.4 is 5.32 Å². The van der Waals surface area contributed by atoms with Crippen molar-refractivity contribution in [2.45, 2.75) is 26.5 Å². The first-order valence-electron chi connectivity index (χ1n) is 6.07. The van der Waals surface area contributed by atoms with Crippen molar-refractivity contribution in [3.8, 4) is 5.75 Å². The Balaban J connectivity index is 2.09. The highest BCUT2D eigenvalue weighted by atomic mass is 16.5. The van der Waals surface area contributed by atoms with E-state index in [1.807, 2.05) is 26.0 Å². The van der Waals surface area contributed by atoms with Crippen LogP contribution in [0.5, 0.6) is 5.75 Å². The Kier molecular flexibility index (Phi) is 3.85. The Hall–Kier alpha value is -2.30. The van der Waals surface area contributed by atoms with Gasteiger partial charge in [-0.05, 0) is 26.0 Å². The molecule has 5 heteroatoms. The van der Waals surface area contributed by atoms with Crippen LogP contribution in [0.2, 0.25) is 0 Å². The van der Waals surface area contributed by atoms with E-state index in [-0.39, 0.29) is 18.4 Å². The maximum atomic E-state index is 11.3. The highest BCUT2D eigenvalue weighted by Crippen LogP contribution is 2.22. The smallest absolute Gasteiger partial charge is 0.407 e. The molecule has 1 heterocycles. The Labute approximate surface area is 111 Å². The third-order valence-corrected chi connectivity index (χ3v) is 2.51. The van der Waals surface area contributed by atoms with Gasteiger partial charge in [0.1, 0.15) is 17.9 Å². The van der Waals surface area contributed by atoms with Crippen LogP contribution in [0, 0.1) is 0 Å². The molecule has 0 aliphatic carbocycles. The van der Waals surface area contributed by atoms with E-state index in [2.05, 4.69) is 10.3 Å². The van der Waals surface area contributed by atoms with E-state index in [0.29, 0.717) is 11.2 Å². The van der Waals surface area contributed by atoms with Crippen molar-refractivity contribution in [1.29, 1.82) is 0 Å². The number of ether oxygens (including phenoxy) is 1. The first-order chi connectivity index (χ1) is 9.06. The summed E-state index contributed by atoms with van der Waals surface area (Å²) in [6, 6.07) is 8.82. The summed E-state index contributed by atoms with van der Waals surface area (Å²) in [5, 5.41) is 13.2. The van der Waals surface area contributed by atoms with Crippen molar-refractivity contribution >= 4 is 17.0 Å². The third kappa shape index (κ3) is 3.34. The molecule has 0 aliphatic rings. The van der Waals surface area contributed by atoms with E-state index in [9.17, 15) is 9.90 Å². The number of hydrogen-bond acceptors (Lipinski definition) is 4. The molecule has 100 valence electrons. The summed E-state index contributed by atoms with van der Waals surface area (Å²) in [4.78, 5) is 15.6. The van der Waals surface area contributed by atoms with E-state index in [4.69, 9.17) is 4.74 Å². The van der Waals surface area contributed by atoms with Crippen molar-refractivity contribution in [2.24, 2.45) is 0 Å². The maximum absolute atomic E-state index is 11.3. The van der Waals surface area contributed by atoms with Crippen molar-refractivity contribution in [2.75, 3.05) is 0 Å². The molecular formula is C14H16N2O3. The molecule has 0 aliphatic heterocycles. The van der Waals surface area contributed by atoms with Gasteiger partial charge < -0.3 is 15.2 Å². The fourth-order valence-corrected chi connectivity index (χ4v) is 1.67. The number of carbonyl (C=O) groups is 1. The monoisotopic (exact) mass is 260 g/mol. The molecule has 0 saturated heterocycles. The van der Waals surface area contributed by atoms with Gasteiger partial charge in [0.2, 0.25) is 0 Å². The number of pyridine rings is 1. The summed E-state index contributed by atoms with van der Waals surface area (Å²) < 4.78 is 5.03. The lowest BCUT2D eigenvalue weighted by molar-refractivity contribution is 0.136. The number of para-hydroxylation sites is 1. The Morgan fingerprint density at radius 1 is 1.37 bits per heavy atom. The lowest BCUT2D eigenvalue weighted by Crippen LogP contribution is -2.30. The minimum absolute atomic E-state index is 0.0288. The fourth-order valence-electron chi connectivity index (χ4n) is 1.67. The van der Waals surface area contributed by atoms with Gasteiger partial charge in [-0.25, -0.2) is 9.78 Å². The Bertz CT molecular complexity index is 596. The number of amides is 1. The summed E-state index contributed by atoms with van der Waals surface area (Å²) in [6.07, 6.45) is -0.478. The van der Waals surface area contributed by atoms with Gasteiger partial charge in [0.15, 0.2) is 0 Å². The number of aromatic nitrogens is 1. The molecule has 0 unspecified atom stereocenters. The van der Waals surface area contributed by atoms with E-state index >= 15 is 0 Å². The highest BCUT2D eigenvalue weighted by molar-refractivity contribution is 5.84. The molecule has 1 amide bonds. The number of aromatic hydroxyl groups is 1. The number of phenols is 1. The molecule has 0 fully saturated rings. The van der Waals surface area contributed by atoms with Gasteiger partial charge in [-0.1, -0.05) is 18.2 Å². The third-order valence-electron chi connectivity index (χ3n) is 2.51. The van der Waals surface area contributed by atoms with Crippen LogP contribution in [0.15, 0.2) is 30.3 Å². The Morgan fingerprint density at radius 3 is 2.89 bits per heavy atom. The summed E-state index contributed by atoms with van der Waals surface area (Å²) in [7, 11) is 0. The maximum Gasteiger partial charge on any atom is 0.407 e. The van der Waals surface area contributed by atoms with E-state index in [1.54, 1.807) is 18.2 Å². The first-order valence-corrected chi connectivity index (χ1v) is 6.07. The number of phenolic OH excluding ortho intramolecular Hbond substituents is 1. The predicted octanol–water partition coefficient (Wildman–Crippen LogP) is 2.58. The molecular weight excluding hydrogens is 244 g/mol. The highest BCUT2D eigenvalue weighted by Gasteiger charge is 2.07. The van der Waals surface area contributed by atoms with Gasteiger partial charge in [0.05, 0.1) is 5.69 Å². The van der Waals surface area contributed by atoms with Crippen LogP contribution in [0.3, 0.4) is 0 Å². The van der Waals surface area contributed by atoms with E-state index < -0.39 is 6.09 Å². The summed E-state index contributed by atoms with van der Waals surface area (Å²) in [6.45, 7) is 3.78. The number of benzene rings is 1. The largest absolute Gasteiger partial charge is 0.506 e. The molecule has 2 aromatic rings. The van der Waals surface area contributed by atoms with Crippen molar-refractivity contribution in [3.63, 3.8) is 0 Å². The number of carbonyl (C=O) groups excluding carboxylic acids is 1. The second kappa shape index (κ2) is 5.56. The quantitative estimate of drug-likeness (QED) is 0.889. The minimum atomic E-state index is -0.478. The van der Waals surface area contributed by atoms with Gasteiger partial charge in [-0.15, -0.1) is 0 Å². The van der Waals surface area contributed by atoms with Crippen LogP contribution in [0.1, 0.15) is 19.5 Å². The number of hydrogen-bond donors (Lipinski definition) is 2. The van der Waals surface area contributed by atoms with E-state index in [1.165, 1.54) is 0 Å². The lowest BCUT2D eigenvalue weighted by Gasteiger charge is -2.09. The van der Waals surface area contributed by atoms with Crippen molar-refractivity contribution in [3.05, 3.63) is 36.0 Å². The SMILES string of the molecule is CC(C)NC(=O)OCc1ccc2cccc(O)c2n1. The second-order valence-electron chi connectivity index (χ2n) is 4.53. The second-order valence-corrected chi connectivity index (χ2v) is 4.53. The van der Waals surface area contributed by atoms with Crippen molar-refractivity contribution < 1.29 is 14.6 Å². The first kappa shape index (κ1) is 13.1. The van der Waals surface area contributed by atoms with Gasteiger partial charge >= 0.3 is 6.09 Å². The van der Waals surface area contributed by atoms with Crippen molar-refractivity contribution in [1.82, 2.24) is 10.3 Å². The average molecular weight is 260 g/mol. The van der Waals surface area contributed by atoms with Gasteiger partial charge in [-0.2, -0.15) is 0 Å². The molecule has 5 nitrogen and oxygen atoms in total. The molecule has 2 N–H and O–H groups in total. The van der Waals surface area contributed by atoms with E-state index in [0.717, 1.165) is 5.39 Å². The van der Waals surface area contributed by atoms with Crippen LogP contribution in [-0.4, -0.2) is 22.2 Å². The predicted molar refractivity (Wildman–Crippen MR) is 71.9 cm³/mol. The fraction of sp³-hybridized carbons (Fsp3) is 0.286. The Morgan fingerprint density at radius 2 is 2.16 bits per heavy atom. The number of alkyl carbamates (subject to hydrolysis) is 1. The average Bonchev–Trinajstić information content (AvgIpc) is 2.36. The van der Waals surface area contributed by atoms with Crippen LogP contribution in [-0.2, 0) is 11.3 Å². The zero-order valence-corrected chi connectivity index (χ0v) is 10.9. The molecule has 19 heavy (non-hydrogen) atoms. The standard InChI is InChI=1S/C14H16N2O3/c1-9(2)15-14(18)19-8-11-7-6-10-4-3-5-12(17)13(10)16-11/h3-7,9,17H,8H2,1-2H3,(H,15,18). The van der Waals surface area contributed by atoms with Gasteiger partial charge in [-0.3, -0.25) is 0 Å². The summed E-state index contributed by atoms with van der Waals surface area (Å²) in [5.41, 5.74) is 1.10. The van der Waals surface area contributed by atoms with Gasteiger partial charge in [0.25, 0.3) is 0 Å². The zero-order valence-electron chi connectivity index (χ0n) is 10.9. The number of fused-ring (bicyclic) bond motifs is 1. The molecule has 1 aromatic carbocycles.